The van der Waals surface area contributed by atoms with Crippen molar-refractivity contribution in [1.29, 1.82) is 0 Å². The Kier molecular flexibility index (Phi) is 6.43. The van der Waals surface area contributed by atoms with Gasteiger partial charge in [0.15, 0.2) is 0 Å². The van der Waals surface area contributed by atoms with Crippen LogP contribution < -0.4 is 5.73 Å². The van der Waals surface area contributed by atoms with Crippen molar-refractivity contribution in [1.82, 2.24) is 4.31 Å². The van der Waals surface area contributed by atoms with Gasteiger partial charge in [0.25, 0.3) is 0 Å². The summed E-state index contributed by atoms with van der Waals surface area (Å²) in [5, 5.41) is -0.0982. The molecule has 21 heavy (non-hydrogen) atoms. The Bertz CT molecular complexity index is 576. The van der Waals surface area contributed by atoms with E-state index in [1.165, 1.54) is 16.4 Å². The number of hydrogen-bond acceptors (Lipinski definition) is 3. The van der Waals surface area contributed by atoms with Crippen molar-refractivity contribution >= 4 is 34.0 Å². The molecule has 1 aliphatic heterocycles. The molecule has 0 amide bonds. The van der Waals surface area contributed by atoms with Gasteiger partial charge in [-0.05, 0) is 31.9 Å². The molecule has 0 saturated carbocycles. The molecule has 0 aliphatic carbocycles. The standard InChI is InChI=1S/C13H18ClFN2O2S.ClH/c1-9(16)12-7-2-3-8-17(12)20(18,19)13-10(14)5-4-6-11(13)15;/h4-6,9,12H,2-3,7-8,16H2,1H3;1H. The van der Waals surface area contributed by atoms with Gasteiger partial charge in [0.1, 0.15) is 10.7 Å². The highest BCUT2D eigenvalue weighted by molar-refractivity contribution is 7.89. The molecule has 8 heteroatoms. The maximum Gasteiger partial charge on any atom is 0.247 e. The van der Waals surface area contributed by atoms with Crippen LogP contribution in [0.2, 0.25) is 5.02 Å². The van der Waals surface area contributed by atoms with Gasteiger partial charge in [-0.15, -0.1) is 12.4 Å². The molecule has 0 spiro atoms. The van der Waals surface area contributed by atoms with Gasteiger partial charge < -0.3 is 5.73 Å². The van der Waals surface area contributed by atoms with Gasteiger partial charge in [0.2, 0.25) is 10.0 Å². The van der Waals surface area contributed by atoms with Crippen LogP contribution in [-0.2, 0) is 10.0 Å². The van der Waals surface area contributed by atoms with Crippen LogP contribution in [0.15, 0.2) is 23.1 Å². The van der Waals surface area contributed by atoms with E-state index in [-0.39, 0.29) is 29.5 Å². The molecule has 2 unspecified atom stereocenters. The number of nitrogens with zero attached hydrogens (tertiary/aromatic N) is 1. The Hall–Kier alpha value is -0.400. The highest BCUT2D eigenvalue weighted by Crippen LogP contribution is 2.31. The number of nitrogens with two attached hydrogens (primary N) is 1. The molecule has 120 valence electrons. The third-order valence-electron chi connectivity index (χ3n) is 3.59. The second-order valence-corrected chi connectivity index (χ2v) is 7.32. The smallest absolute Gasteiger partial charge is 0.247 e. The summed E-state index contributed by atoms with van der Waals surface area (Å²) in [6.07, 6.45) is 2.35. The van der Waals surface area contributed by atoms with Crippen LogP contribution in [-0.4, -0.2) is 31.4 Å². The number of hydrogen-bond donors (Lipinski definition) is 1. The van der Waals surface area contributed by atoms with Gasteiger partial charge in [-0.3, -0.25) is 0 Å². The maximum absolute atomic E-state index is 13.9. The predicted octanol–water partition coefficient (Wildman–Crippen LogP) is 2.79. The van der Waals surface area contributed by atoms with Crippen molar-refractivity contribution in [2.24, 2.45) is 5.73 Å². The van der Waals surface area contributed by atoms with Gasteiger partial charge in [-0.1, -0.05) is 24.1 Å². The molecular formula is C13H19Cl2FN2O2S. The summed E-state index contributed by atoms with van der Waals surface area (Å²) < 4.78 is 40.6. The Labute approximate surface area is 135 Å². The van der Waals surface area contributed by atoms with Crippen molar-refractivity contribution in [2.75, 3.05) is 6.54 Å². The summed E-state index contributed by atoms with van der Waals surface area (Å²) in [5.74, 6) is -0.827. The number of rotatable bonds is 3. The lowest BCUT2D eigenvalue weighted by Crippen LogP contribution is -2.51. The Morgan fingerprint density at radius 2 is 2.10 bits per heavy atom. The van der Waals surface area contributed by atoms with E-state index < -0.39 is 20.7 Å². The molecule has 0 radical (unpaired) electrons. The minimum Gasteiger partial charge on any atom is -0.326 e. The van der Waals surface area contributed by atoms with E-state index in [0.29, 0.717) is 13.0 Å². The first-order valence-corrected chi connectivity index (χ1v) is 8.39. The average molecular weight is 357 g/mol. The Morgan fingerprint density at radius 3 is 2.67 bits per heavy atom. The summed E-state index contributed by atoms with van der Waals surface area (Å²) in [7, 11) is -3.97. The lowest BCUT2D eigenvalue weighted by molar-refractivity contribution is 0.226. The predicted molar refractivity (Wildman–Crippen MR) is 83.8 cm³/mol. The minimum atomic E-state index is -3.97. The van der Waals surface area contributed by atoms with Crippen LogP contribution in [0.1, 0.15) is 26.2 Å². The molecule has 1 aromatic carbocycles. The summed E-state index contributed by atoms with van der Waals surface area (Å²) in [5.41, 5.74) is 5.88. The molecule has 1 fully saturated rings. The van der Waals surface area contributed by atoms with Gasteiger partial charge >= 0.3 is 0 Å². The maximum atomic E-state index is 13.9. The van der Waals surface area contributed by atoms with Crippen LogP contribution in [0.3, 0.4) is 0 Å². The Balaban J connectivity index is 0.00000220. The quantitative estimate of drug-likeness (QED) is 0.905. The van der Waals surface area contributed by atoms with Crippen molar-refractivity contribution < 1.29 is 12.8 Å². The molecule has 1 saturated heterocycles. The van der Waals surface area contributed by atoms with Gasteiger partial charge in [0, 0.05) is 18.6 Å². The second kappa shape index (κ2) is 7.24. The van der Waals surface area contributed by atoms with E-state index in [1.807, 2.05) is 0 Å². The fourth-order valence-electron chi connectivity index (χ4n) is 2.60. The monoisotopic (exact) mass is 356 g/mol. The van der Waals surface area contributed by atoms with Crippen LogP contribution in [0.4, 0.5) is 4.39 Å². The van der Waals surface area contributed by atoms with Crippen molar-refractivity contribution in [3.63, 3.8) is 0 Å². The zero-order valence-corrected chi connectivity index (χ0v) is 14.0. The summed E-state index contributed by atoms with van der Waals surface area (Å²) in [6, 6.07) is 3.24. The van der Waals surface area contributed by atoms with E-state index in [1.54, 1.807) is 6.92 Å². The van der Waals surface area contributed by atoms with Gasteiger partial charge in [0.05, 0.1) is 5.02 Å². The van der Waals surface area contributed by atoms with E-state index >= 15 is 0 Å². The Morgan fingerprint density at radius 1 is 1.43 bits per heavy atom. The van der Waals surface area contributed by atoms with Crippen molar-refractivity contribution in [2.45, 2.75) is 43.2 Å². The van der Waals surface area contributed by atoms with Crippen molar-refractivity contribution in [3.8, 4) is 0 Å². The van der Waals surface area contributed by atoms with Crippen LogP contribution >= 0.6 is 24.0 Å². The van der Waals surface area contributed by atoms with Gasteiger partial charge in [-0.25, -0.2) is 12.8 Å². The first-order valence-electron chi connectivity index (χ1n) is 6.57. The van der Waals surface area contributed by atoms with Crippen LogP contribution in [0.25, 0.3) is 0 Å². The highest BCUT2D eigenvalue weighted by Gasteiger charge is 2.37. The number of benzene rings is 1. The van der Waals surface area contributed by atoms with E-state index in [2.05, 4.69) is 0 Å². The minimum absolute atomic E-state index is 0. The summed E-state index contributed by atoms with van der Waals surface area (Å²) in [6.45, 7) is 2.11. The number of sulfonamides is 1. The topological polar surface area (TPSA) is 63.4 Å². The summed E-state index contributed by atoms with van der Waals surface area (Å²) in [4.78, 5) is -0.450. The average Bonchev–Trinajstić information content (AvgIpc) is 2.38. The first-order chi connectivity index (χ1) is 9.35. The largest absolute Gasteiger partial charge is 0.326 e. The van der Waals surface area contributed by atoms with Crippen LogP contribution in [0, 0.1) is 5.82 Å². The highest BCUT2D eigenvalue weighted by atomic mass is 35.5. The molecule has 1 heterocycles. The van der Waals surface area contributed by atoms with E-state index in [0.717, 1.165) is 18.9 Å². The lowest BCUT2D eigenvalue weighted by atomic mass is 10.00. The molecule has 1 aliphatic rings. The number of piperidine rings is 1. The third kappa shape index (κ3) is 3.68. The molecule has 2 N–H and O–H groups in total. The SMILES string of the molecule is CC(N)C1CCCCN1S(=O)(=O)c1c(F)cccc1Cl.Cl. The molecule has 0 aromatic heterocycles. The fourth-order valence-corrected chi connectivity index (χ4v) is 4.94. The lowest BCUT2D eigenvalue weighted by Gasteiger charge is -2.37. The van der Waals surface area contributed by atoms with Crippen LogP contribution in [0.5, 0.6) is 0 Å². The summed E-state index contributed by atoms with van der Waals surface area (Å²) >= 11 is 5.88. The molecule has 2 rings (SSSR count). The van der Waals surface area contributed by atoms with Gasteiger partial charge in [-0.2, -0.15) is 4.31 Å². The zero-order valence-electron chi connectivity index (χ0n) is 11.6. The number of halogens is 3. The molecule has 2 atom stereocenters. The molecular weight excluding hydrogens is 338 g/mol. The fraction of sp³-hybridized carbons (Fsp3) is 0.538. The van der Waals surface area contributed by atoms with E-state index in [4.69, 9.17) is 17.3 Å². The zero-order chi connectivity index (χ0) is 14.9. The van der Waals surface area contributed by atoms with Crippen molar-refractivity contribution in [3.05, 3.63) is 29.0 Å². The molecule has 4 nitrogen and oxygen atoms in total. The van der Waals surface area contributed by atoms with E-state index in [9.17, 15) is 12.8 Å². The normalized spacial score (nSPS) is 21.6. The second-order valence-electron chi connectivity index (χ2n) is 5.09. The molecule has 1 aromatic rings. The first kappa shape index (κ1) is 18.6. The third-order valence-corrected chi connectivity index (χ3v) is 6.02. The molecule has 0 bridgehead atoms.